The van der Waals surface area contributed by atoms with Crippen LogP contribution in [0.2, 0.25) is 0 Å². The summed E-state index contributed by atoms with van der Waals surface area (Å²) in [6.45, 7) is 0. The summed E-state index contributed by atoms with van der Waals surface area (Å²) in [5.41, 5.74) is 0.989. The van der Waals surface area contributed by atoms with E-state index in [1.165, 1.54) is 0 Å². The van der Waals surface area contributed by atoms with E-state index in [4.69, 9.17) is 4.52 Å². The van der Waals surface area contributed by atoms with Crippen molar-refractivity contribution in [1.82, 2.24) is 15.5 Å². The molecule has 1 unspecified atom stereocenters. The summed E-state index contributed by atoms with van der Waals surface area (Å²) in [4.78, 5) is 4.41. The molecular formula is C11H12ClN3OS. The van der Waals surface area contributed by atoms with E-state index < -0.39 is 0 Å². The molecule has 2 heterocycles. The van der Waals surface area contributed by atoms with Crippen LogP contribution in [0, 0.1) is 0 Å². The number of benzene rings is 1. The smallest absolute Gasteiger partial charge is 0.244 e. The van der Waals surface area contributed by atoms with Crippen molar-refractivity contribution in [3.8, 4) is 11.4 Å². The molecule has 1 aliphatic rings. The zero-order valence-corrected chi connectivity index (χ0v) is 10.6. The molecule has 1 atom stereocenters. The van der Waals surface area contributed by atoms with Gasteiger partial charge in [-0.1, -0.05) is 35.5 Å². The van der Waals surface area contributed by atoms with Crippen molar-refractivity contribution in [2.75, 3.05) is 11.6 Å². The molecule has 4 nitrogen and oxygen atoms in total. The van der Waals surface area contributed by atoms with Gasteiger partial charge in [0.25, 0.3) is 0 Å². The van der Waals surface area contributed by atoms with Crippen molar-refractivity contribution in [1.29, 1.82) is 0 Å². The monoisotopic (exact) mass is 269 g/mol. The van der Waals surface area contributed by atoms with E-state index in [-0.39, 0.29) is 18.4 Å². The molecular weight excluding hydrogens is 258 g/mol. The molecule has 1 fully saturated rings. The number of rotatable bonds is 2. The van der Waals surface area contributed by atoms with Gasteiger partial charge in [0.05, 0.1) is 6.04 Å². The van der Waals surface area contributed by atoms with Crippen molar-refractivity contribution in [2.45, 2.75) is 6.04 Å². The van der Waals surface area contributed by atoms with Crippen LogP contribution >= 0.6 is 24.2 Å². The Morgan fingerprint density at radius 2 is 2.12 bits per heavy atom. The molecule has 1 saturated heterocycles. The van der Waals surface area contributed by atoms with Crippen molar-refractivity contribution in [3.63, 3.8) is 0 Å². The van der Waals surface area contributed by atoms with Crippen LogP contribution in [0.25, 0.3) is 11.4 Å². The molecule has 0 amide bonds. The number of nitrogens with one attached hydrogen (secondary N) is 1. The summed E-state index contributed by atoms with van der Waals surface area (Å²) < 4.78 is 5.27. The molecule has 17 heavy (non-hydrogen) atoms. The van der Waals surface area contributed by atoms with Gasteiger partial charge >= 0.3 is 0 Å². The Morgan fingerprint density at radius 1 is 1.29 bits per heavy atom. The van der Waals surface area contributed by atoms with Crippen LogP contribution < -0.4 is 5.32 Å². The van der Waals surface area contributed by atoms with Gasteiger partial charge in [-0.2, -0.15) is 4.98 Å². The molecule has 6 heteroatoms. The Hall–Kier alpha value is -1.04. The quantitative estimate of drug-likeness (QED) is 0.908. The maximum atomic E-state index is 5.27. The van der Waals surface area contributed by atoms with Gasteiger partial charge in [0.15, 0.2) is 0 Å². The zero-order valence-electron chi connectivity index (χ0n) is 9.00. The highest BCUT2D eigenvalue weighted by Crippen LogP contribution is 2.24. The maximum absolute atomic E-state index is 5.27. The minimum Gasteiger partial charge on any atom is -0.337 e. The van der Waals surface area contributed by atoms with Gasteiger partial charge < -0.3 is 4.52 Å². The lowest BCUT2D eigenvalue weighted by Gasteiger charge is -2.00. The van der Waals surface area contributed by atoms with Crippen molar-refractivity contribution >= 4 is 24.2 Å². The number of hydrogen-bond donors (Lipinski definition) is 1. The van der Waals surface area contributed by atoms with E-state index in [0.717, 1.165) is 17.2 Å². The first kappa shape index (κ1) is 12.4. The topological polar surface area (TPSA) is 51.0 Å². The number of halogens is 1. The average Bonchev–Trinajstić information content (AvgIpc) is 3.01. The zero-order chi connectivity index (χ0) is 10.8. The van der Waals surface area contributed by atoms with Crippen LogP contribution in [0.1, 0.15) is 11.9 Å². The lowest BCUT2D eigenvalue weighted by Crippen LogP contribution is -2.14. The fourth-order valence-corrected chi connectivity index (χ4v) is 2.57. The molecule has 3 rings (SSSR count). The lowest BCUT2D eigenvalue weighted by atomic mass is 10.2. The van der Waals surface area contributed by atoms with E-state index in [9.17, 15) is 0 Å². The van der Waals surface area contributed by atoms with Gasteiger partial charge in [0, 0.05) is 17.2 Å². The van der Waals surface area contributed by atoms with Gasteiger partial charge in [0.2, 0.25) is 11.7 Å². The Bertz CT molecular complexity index is 471. The predicted octanol–water partition coefficient (Wildman–Crippen LogP) is 2.49. The second-order valence-corrected chi connectivity index (χ2v) is 4.62. The summed E-state index contributed by atoms with van der Waals surface area (Å²) >= 11 is 1.84. The molecule has 1 aliphatic heterocycles. The first-order chi connectivity index (χ1) is 7.93. The van der Waals surface area contributed by atoms with Crippen molar-refractivity contribution in [3.05, 3.63) is 36.2 Å². The molecule has 0 aliphatic carbocycles. The minimum absolute atomic E-state index is 0. The molecule has 1 N–H and O–H groups in total. The third kappa shape index (κ3) is 2.62. The molecule has 0 radical (unpaired) electrons. The van der Waals surface area contributed by atoms with Crippen LogP contribution in [0.5, 0.6) is 0 Å². The summed E-state index contributed by atoms with van der Waals surface area (Å²) in [5, 5.41) is 7.30. The third-order valence-corrected chi connectivity index (χ3v) is 3.43. The SMILES string of the molecule is Cl.c1ccc(-c2noc(C3CSCN3)n2)cc1. The molecule has 90 valence electrons. The fourth-order valence-electron chi connectivity index (χ4n) is 1.64. The predicted molar refractivity (Wildman–Crippen MR) is 70.2 cm³/mol. The summed E-state index contributed by atoms with van der Waals surface area (Å²) in [6.07, 6.45) is 0. The van der Waals surface area contributed by atoms with Crippen molar-refractivity contribution in [2.24, 2.45) is 0 Å². The van der Waals surface area contributed by atoms with E-state index in [0.29, 0.717) is 11.7 Å². The number of aromatic nitrogens is 2. The summed E-state index contributed by atoms with van der Waals surface area (Å²) in [5.74, 6) is 3.29. The van der Waals surface area contributed by atoms with Crippen LogP contribution in [-0.4, -0.2) is 21.8 Å². The van der Waals surface area contributed by atoms with Crippen molar-refractivity contribution < 1.29 is 4.52 Å². The van der Waals surface area contributed by atoms with Crippen LogP contribution in [-0.2, 0) is 0 Å². The van der Waals surface area contributed by atoms with Crippen LogP contribution in [0.15, 0.2) is 34.9 Å². The van der Waals surface area contributed by atoms with Gasteiger partial charge in [-0.3, -0.25) is 5.32 Å². The molecule has 1 aromatic carbocycles. The van der Waals surface area contributed by atoms with Gasteiger partial charge in [0.1, 0.15) is 0 Å². The molecule has 0 spiro atoms. The third-order valence-electron chi connectivity index (χ3n) is 2.49. The summed E-state index contributed by atoms with van der Waals surface area (Å²) in [6, 6.07) is 10.1. The Kier molecular flexibility index (Phi) is 4.04. The Balaban J connectivity index is 0.00000108. The first-order valence-electron chi connectivity index (χ1n) is 5.13. The second-order valence-electron chi connectivity index (χ2n) is 3.59. The van der Waals surface area contributed by atoms with Gasteiger partial charge in [-0.25, -0.2) is 0 Å². The molecule has 1 aromatic heterocycles. The standard InChI is InChI=1S/C11H11N3OS.ClH/c1-2-4-8(5-3-1)10-13-11(15-14-10)9-6-16-7-12-9;/h1-5,9,12H,6-7H2;1H. The normalized spacial score (nSPS) is 18.9. The first-order valence-corrected chi connectivity index (χ1v) is 6.29. The number of thioether (sulfide) groups is 1. The van der Waals surface area contributed by atoms with Gasteiger partial charge in [-0.15, -0.1) is 24.2 Å². The number of nitrogens with zero attached hydrogens (tertiary/aromatic N) is 2. The Morgan fingerprint density at radius 3 is 2.82 bits per heavy atom. The summed E-state index contributed by atoms with van der Waals surface area (Å²) in [7, 11) is 0. The second kappa shape index (κ2) is 5.53. The fraction of sp³-hybridized carbons (Fsp3) is 0.273. The van der Waals surface area contributed by atoms with E-state index in [2.05, 4.69) is 15.5 Å². The maximum Gasteiger partial charge on any atom is 0.244 e. The number of hydrogen-bond acceptors (Lipinski definition) is 5. The van der Waals surface area contributed by atoms with Gasteiger partial charge in [-0.05, 0) is 0 Å². The van der Waals surface area contributed by atoms with Crippen LogP contribution in [0.3, 0.4) is 0 Å². The highest BCUT2D eigenvalue weighted by Gasteiger charge is 2.22. The highest BCUT2D eigenvalue weighted by molar-refractivity contribution is 7.99. The Labute approximate surface area is 110 Å². The largest absolute Gasteiger partial charge is 0.337 e. The lowest BCUT2D eigenvalue weighted by molar-refractivity contribution is 0.351. The highest BCUT2D eigenvalue weighted by atomic mass is 35.5. The molecule has 0 bridgehead atoms. The minimum atomic E-state index is 0. The van der Waals surface area contributed by atoms with E-state index in [1.807, 2.05) is 42.1 Å². The average molecular weight is 270 g/mol. The van der Waals surface area contributed by atoms with E-state index >= 15 is 0 Å². The van der Waals surface area contributed by atoms with E-state index in [1.54, 1.807) is 0 Å². The molecule has 0 saturated carbocycles. The van der Waals surface area contributed by atoms with Crippen LogP contribution in [0.4, 0.5) is 0 Å². The molecule has 2 aromatic rings.